The van der Waals surface area contributed by atoms with Crippen molar-refractivity contribution in [1.82, 2.24) is 15.4 Å². The molecule has 92 valence electrons. The van der Waals surface area contributed by atoms with Crippen LogP contribution < -0.4 is 5.32 Å². The molecule has 2 amide bonds. The lowest BCUT2D eigenvalue weighted by Gasteiger charge is -2.21. The minimum absolute atomic E-state index is 0.234. The Morgan fingerprint density at radius 2 is 2.47 bits per heavy atom. The van der Waals surface area contributed by atoms with Crippen LogP contribution in [0.25, 0.3) is 0 Å². The summed E-state index contributed by atoms with van der Waals surface area (Å²) in [7, 11) is 0. The standard InChI is InChI=1S/C10H13N3O4/c14-9(15)8-2-1-4-13(8)10(16)11-6-7-3-5-17-12-7/h3,5,8H,1-2,4,6H2,(H,11,16)(H,14,15)/t8-/m1/s1. The van der Waals surface area contributed by atoms with Crippen molar-refractivity contribution in [3.63, 3.8) is 0 Å². The Balaban J connectivity index is 1.89. The number of nitrogens with one attached hydrogen (secondary N) is 1. The normalized spacial score (nSPS) is 19.3. The minimum Gasteiger partial charge on any atom is -0.480 e. The van der Waals surface area contributed by atoms with Gasteiger partial charge >= 0.3 is 12.0 Å². The lowest BCUT2D eigenvalue weighted by molar-refractivity contribution is -0.141. The molecule has 1 aromatic rings. The summed E-state index contributed by atoms with van der Waals surface area (Å²) in [5.74, 6) is -0.959. The summed E-state index contributed by atoms with van der Waals surface area (Å²) >= 11 is 0. The molecule has 7 nitrogen and oxygen atoms in total. The third kappa shape index (κ3) is 2.55. The van der Waals surface area contributed by atoms with Gasteiger partial charge < -0.3 is 19.8 Å². The van der Waals surface area contributed by atoms with Crippen molar-refractivity contribution in [3.8, 4) is 0 Å². The molecule has 0 saturated carbocycles. The van der Waals surface area contributed by atoms with E-state index in [1.165, 1.54) is 11.2 Å². The molecule has 0 aromatic carbocycles. The number of likely N-dealkylation sites (tertiary alicyclic amines) is 1. The van der Waals surface area contributed by atoms with E-state index in [2.05, 4.69) is 15.0 Å². The Bertz CT molecular complexity index is 404. The van der Waals surface area contributed by atoms with Crippen molar-refractivity contribution in [2.45, 2.75) is 25.4 Å². The number of carboxylic acids is 1. The summed E-state index contributed by atoms with van der Waals surface area (Å²) in [6.07, 6.45) is 2.64. The largest absolute Gasteiger partial charge is 0.480 e. The zero-order valence-electron chi connectivity index (χ0n) is 9.13. The van der Waals surface area contributed by atoms with Gasteiger partial charge in [0.25, 0.3) is 0 Å². The van der Waals surface area contributed by atoms with E-state index < -0.39 is 12.0 Å². The Kier molecular flexibility index (Phi) is 3.27. The third-order valence-corrected chi connectivity index (χ3v) is 2.71. The highest BCUT2D eigenvalue weighted by atomic mass is 16.5. The van der Waals surface area contributed by atoms with Gasteiger partial charge in [0.1, 0.15) is 18.0 Å². The van der Waals surface area contributed by atoms with Gasteiger partial charge in [-0.2, -0.15) is 0 Å². The van der Waals surface area contributed by atoms with Crippen LogP contribution in [0.3, 0.4) is 0 Å². The zero-order chi connectivity index (χ0) is 12.3. The lowest BCUT2D eigenvalue weighted by atomic mass is 10.2. The maximum Gasteiger partial charge on any atom is 0.326 e. The van der Waals surface area contributed by atoms with Crippen LogP contribution in [0.5, 0.6) is 0 Å². The van der Waals surface area contributed by atoms with Crippen LogP contribution in [-0.4, -0.2) is 39.8 Å². The SMILES string of the molecule is O=C(O)[C@H]1CCCN1C(=O)NCc1ccon1. The molecule has 2 heterocycles. The number of carbonyl (C=O) groups excluding carboxylic acids is 1. The molecule has 0 spiro atoms. The van der Waals surface area contributed by atoms with Crippen molar-refractivity contribution < 1.29 is 19.2 Å². The van der Waals surface area contributed by atoms with E-state index in [1.54, 1.807) is 6.07 Å². The molecule has 17 heavy (non-hydrogen) atoms. The summed E-state index contributed by atoms with van der Waals surface area (Å²) in [4.78, 5) is 24.0. The Morgan fingerprint density at radius 1 is 1.65 bits per heavy atom. The van der Waals surface area contributed by atoms with Gasteiger partial charge in [-0.3, -0.25) is 0 Å². The van der Waals surface area contributed by atoms with Crippen LogP contribution in [0.1, 0.15) is 18.5 Å². The van der Waals surface area contributed by atoms with E-state index in [1.807, 2.05) is 0 Å². The highest BCUT2D eigenvalue weighted by Gasteiger charge is 2.33. The molecule has 1 saturated heterocycles. The fourth-order valence-electron chi connectivity index (χ4n) is 1.86. The summed E-state index contributed by atoms with van der Waals surface area (Å²) in [6.45, 7) is 0.708. The minimum atomic E-state index is -0.959. The molecule has 1 atom stereocenters. The first-order valence-corrected chi connectivity index (χ1v) is 5.35. The van der Waals surface area contributed by atoms with Gasteiger partial charge in [-0.25, -0.2) is 9.59 Å². The molecule has 1 aliphatic heterocycles. The second-order valence-corrected chi connectivity index (χ2v) is 3.84. The summed E-state index contributed by atoms with van der Waals surface area (Å²) < 4.78 is 4.62. The Hall–Kier alpha value is -2.05. The summed E-state index contributed by atoms with van der Waals surface area (Å²) in [5, 5.41) is 15.2. The van der Waals surface area contributed by atoms with Crippen LogP contribution in [0.2, 0.25) is 0 Å². The number of aromatic nitrogens is 1. The van der Waals surface area contributed by atoms with Crippen LogP contribution in [-0.2, 0) is 11.3 Å². The van der Waals surface area contributed by atoms with Crippen LogP contribution in [0.15, 0.2) is 16.9 Å². The fourth-order valence-corrected chi connectivity index (χ4v) is 1.86. The topological polar surface area (TPSA) is 95.7 Å². The molecule has 2 rings (SSSR count). The lowest BCUT2D eigenvalue weighted by Crippen LogP contribution is -2.45. The van der Waals surface area contributed by atoms with E-state index in [0.29, 0.717) is 25.1 Å². The van der Waals surface area contributed by atoms with Crippen molar-refractivity contribution in [1.29, 1.82) is 0 Å². The first-order valence-electron chi connectivity index (χ1n) is 5.35. The van der Waals surface area contributed by atoms with E-state index in [-0.39, 0.29) is 12.6 Å². The molecule has 7 heteroatoms. The molecule has 0 bridgehead atoms. The predicted octanol–water partition coefficient (Wildman–Crippen LogP) is 0.433. The summed E-state index contributed by atoms with van der Waals surface area (Å²) in [6, 6.07) is 0.545. The quantitative estimate of drug-likeness (QED) is 0.797. The predicted molar refractivity (Wildman–Crippen MR) is 56.1 cm³/mol. The van der Waals surface area contributed by atoms with Crippen molar-refractivity contribution in [2.75, 3.05) is 6.54 Å². The van der Waals surface area contributed by atoms with Gasteiger partial charge in [-0.15, -0.1) is 0 Å². The Morgan fingerprint density at radius 3 is 3.12 bits per heavy atom. The monoisotopic (exact) mass is 239 g/mol. The average molecular weight is 239 g/mol. The number of hydrogen-bond acceptors (Lipinski definition) is 4. The number of carboxylic acid groups (broad SMARTS) is 1. The molecule has 0 unspecified atom stereocenters. The molecule has 0 radical (unpaired) electrons. The number of amides is 2. The maximum atomic E-state index is 11.7. The van der Waals surface area contributed by atoms with E-state index >= 15 is 0 Å². The molecular formula is C10H13N3O4. The molecule has 1 aromatic heterocycles. The molecule has 1 fully saturated rings. The number of hydrogen-bond donors (Lipinski definition) is 2. The highest BCUT2D eigenvalue weighted by Crippen LogP contribution is 2.17. The first-order chi connectivity index (χ1) is 8.18. The van der Waals surface area contributed by atoms with Crippen molar-refractivity contribution in [2.24, 2.45) is 0 Å². The average Bonchev–Trinajstić information content (AvgIpc) is 2.96. The molecular weight excluding hydrogens is 226 g/mol. The molecule has 2 N–H and O–H groups in total. The maximum absolute atomic E-state index is 11.7. The third-order valence-electron chi connectivity index (χ3n) is 2.71. The Labute approximate surface area is 97.4 Å². The van der Waals surface area contributed by atoms with E-state index in [4.69, 9.17) is 5.11 Å². The highest BCUT2D eigenvalue weighted by molar-refractivity contribution is 5.83. The molecule has 0 aliphatic carbocycles. The van der Waals surface area contributed by atoms with Crippen molar-refractivity contribution >= 4 is 12.0 Å². The summed E-state index contributed by atoms with van der Waals surface area (Å²) in [5.41, 5.74) is 0.601. The second-order valence-electron chi connectivity index (χ2n) is 3.84. The number of rotatable bonds is 3. The van der Waals surface area contributed by atoms with E-state index in [0.717, 1.165) is 0 Å². The van der Waals surface area contributed by atoms with Crippen LogP contribution in [0.4, 0.5) is 4.79 Å². The van der Waals surface area contributed by atoms with Crippen LogP contribution >= 0.6 is 0 Å². The first kappa shape index (κ1) is 11.4. The number of aliphatic carboxylic acids is 1. The van der Waals surface area contributed by atoms with Crippen molar-refractivity contribution in [3.05, 3.63) is 18.0 Å². The van der Waals surface area contributed by atoms with Gasteiger partial charge in [0.15, 0.2) is 0 Å². The van der Waals surface area contributed by atoms with Gasteiger partial charge in [0.2, 0.25) is 0 Å². The van der Waals surface area contributed by atoms with Gasteiger partial charge in [0, 0.05) is 12.6 Å². The number of urea groups is 1. The fraction of sp³-hybridized carbons (Fsp3) is 0.500. The second kappa shape index (κ2) is 4.86. The van der Waals surface area contributed by atoms with Gasteiger partial charge in [0.05, 0.1) is 6.54 Å². The van der Waals surface area contributed by atoms with Crippen LogP contribution in [0, 0.1) is 0 Å². The zero-order valence-corrected chi connectivity index (χ0v) is 9.13. The smallest absolute Gasteiger partial charge is 0.326 e. The van der Waals surface area contributed by atoms with E-state index in [9.17, 15) is 9.59 Å². The number of carbonyl (C=O) groups is 2. The number of nitrogens with zero attached hydrogens (tertiary/aromatic N) is 2. The molecule has 1 aliphatic rings. The van der Waals surface area contributed by atoms with Gasteiger partial charge in [-0.05, 0) is 12.8 Å². The van der Waals surface area contributed by atoms with Gasteiger partial charge in [-0.1, -0.05) is 5.16 Å².